The Hall–Kier alpha value is -1.49. The van der Waals surface area contributed by atoms with Crippen molar-refractivity contribution in [2.75, 3.05) is 19.7 Å². The summed E-state index contributed by atoms with van der Waals surface area (Å²) in [5.74, 6) is 0.172. The Morgan fingerprint density at radius 3 is 3.18 bits per heavy atom. The van der Waals surface area contributed by atoms with Crippen molar-refractivity contribution < 1.29 is 9.53 Å². The monoisotopic (exact) mass is 235 g/mol. The van der Waals surface area contributed by atoms with Crippen LogP contribution >= 0.6 is 0 Å². The van der Waals surface area contributed by atoms with Gasteiger partial charge in [0, 0.05) is 38.1 Å². The van der Waals surface area contributed by atoms with Crippen molar-refractivity contribution >= 4 is 5.91 Å². The van der Waals surface area contributed by atoms with E-state index in [2.05, 4.69) is 9.97 Å². The summed E-state index contributed by atoms with van der Waals surface area (Å²) in [4.78, 5) is 21.9. The number of aryl methyl sites for hydroxylation is 1. The van der Waals surface area contributed by atoms with E-state index in [4.69, 9.17) is 4.74 Å². The molecule has 1 aromatic rings. The molecule has 0 spiro atoms. The molecule has 17 heavy (non-hydrogen) atoms. The molecule has 0 aromatic carbocycles. The van der Waals surface area contributed by atoms with E-state index in [1.165, 1.54) is 0 Å². The lowest BCUT2D eigenvalue weighted by atomic mass is 10.2. The van der Waals surface area contributed by atoms with Gasteiger partial charge in [-0.1, -0.05) is 0 Å². The van der Waals surface area contributed by atoms with Gasteiger partial charge in [0.1, 0.15) is 0 Å². The lowest BCUT2D eigenvalue weighted by molar-refractivity contribution is -0.138. The molecule has 0 aliphatic carbocycles. The Morgan fingerprint density at radius 2 is 2.47 bits per heavy atom. The Kier molecular flexibility index (Phi) is 4.03. The fourth-order valence-electron chi connectivity index (χ4n) is 1.90. The van der Waals surface area contributed by atoms with Crippen LogP contribution in [0.25, 0.3) is 0 Å². The molecule has 1 amide bonds. The third-order valence-corrected chi connectivity index (χ3v) is 2.81. The van der Waals surface area contributed by atoms with Crippen LogP contribution in [0.2, 0.25) is 0 Å². The molecule has 2 heterocycles. The summed E-state index contributed by atoms with van der Waals surface area (Å²) in [6.45, 7) is 4.02. The largest absolute Gasteiger partial charge is 0.375 e. The van der Waals surface area contributed by atoms with E-state index in [1.807, 2.05) is 11.8 Å². The zero-order valence-electron chi connectivity index (χ0n) is 10.0. The molecule has 1 aromatic heterocycles. The minimum Gasteiger partial charge on any atom is -0.375 e. The lowest BCUT2D eigenvalue weighted by Gasteiger charge is -2.31. The quantitative estimate of drug-likeness (QED) is 0.772. The first-order chi connectivity index (χ1) is 8.25. The molecule has 92 valence electrons. The van der Waals surface area contributed by atoms with Gasteiger partial charge < -0.3 is 9.64 Å². The van der Waals surface area contributed by atoms with E-state index < -0.39 is 0 Å². The second-order valence-electron chi connectivity index (χ2n) is 4.22. The van der Waals surface area contributed by atoms with Crippen LogP contribution in [0, 0.1) is 0 Å². The predicted octanol–water partition coefficient (Wildman–Crippen LogP) is 0.656. The van der Waals surface area contributed by atoms with E-state index in [0.29, 0.717) is 32.5 Å². The average molecular weight is 235 g/mol. The summed E-state index contributed by atoms with van der Waals surface area (Å²) in [6.07, 6.45) is 6.27. The minimum atomic E-state index is 0.143. The van der Waals surface area contributed by atoms with Crippen LogP contribution in [0.3, 0.4) is 0 Å². The normalized spacial score (nSPS) is 20.3. The highest BCUT2D eigenvalue weighted by Crippen LogP contribution is 2.07. The van der Waals surface area contributed by atoms with Crippen molar-refractivity contribution in [2.24, 2.45) is 0 Å². The average Bonchev–Trinajstić information content (AvgIpc) is 2.37. The van der Waals surface area contributed by atoms with Gasteiger partial charge in [-0.2, -0.15) is 0 Å². The molecule has 0 N–H and O–H groups in total. The molecule has 5 heteroatoms. The van der Waals surface area contributed by atoms with E-state index in [-0.39, 0.29) is 12.0 Å². The van der Waals surface area contributed by atoms with Crippen molar-refractivity contribution in [3.63, 3.8) is 0 Å². The van der Waals surface area contributed by atoms with Crippen molar-refractivity contribution in [1.82, 2.24) is 14.9 Å². The van der Waals surface area contributed by atoms with Crippen LogP contribution in [-0.4, -0.2) is 46.6 Å². The zero-order chi connectivity index (χ0) is 12.1. The summed E-state index contributed by atoms with van der Waals surface area (Å²) in [6, 6.07) is 0. The molecule has 1 atom stereocenters. The van der Waals surface area contributed by atoms with E-state index >= 15 is 0 Å². The van der Waals surface area contributed by atoms with Gasteiger partial charge >= 0.3 is 0 Å². The maximum absolute atomic E-state index is 11.9. The Bertz CT molecular complexity index is 369. The van der Waals surface area contributed by atoms with Gasteiger partial charge in [0.05, 0.1) is 18.4 Å². The third kappa shape index (κ3) is 3.49. The first kappa shape index (κ1) is 12.0. The van der Waals surface area contributed by atoms with Crippen molar-refractivity contribution in [3.05, 3.63) is 24.3 Å². The molecule has 5 nitrogen and oxygen atoms in total. The van der Waals surface area contributed by atoms with E-state index in [9.17, 15) is 4.79 Å². The minimum absolute atomic E-state index is 0.143. The van der Waals surface area contributed by atoms with Crippen LogP contribution in [0.1, 0.15) is 19.0 Å². The number of carbonyl (C=O) groups is 1. The molecule has 1 saturated heterocycles. The maximum atomic E-state index is 11.9. The summed E-state index contributed by atoms with van der Waals surface area (Å²) < 4.78 is 5.40. The first-order valence-corrected chi connectivity index (χ1v) is 5.90. The molecule has 2 rings (SSSR count). The van der Waals surface area contributed by atoms with E-state index in [1.54, 1.807) is 18.6 Å². The number of aromatic nitrogens is 2. The van der Waals surface area contributed by atoms with Crippen LogP contribution < -0.4 is 0 Å². The topological polar surface area (TPSA) is 55.3 Å². The molecular formula is C12H17N3O2. The highest BCUT2D eigenvalue weighted by molar-refractivity contribution is 5.76. The van der Waals surface area contributed by atoms with Crippen LogP contribution in [0.15, 0.2) is 18.6 Å². The SMILES string of the molecule is CC1CN(C(=O)CCc2cnccn2)CCO1. The molecule has 1 fully saturated rings. The number of hydrogen-bond donors (Lipinski definition) is 0. The van der Waals surface area contributed by atoms with Gasteiger partial charge in [-0.15, -0.1) is 0 Å². The first-order valence-electron chi connectivity index (χ1n) is 5.90. The van der Waals surface area contributed by atoms with Gasteiger partial charge in [0.2, 0.25) is 5.91 Å². The maximum Gasteiger partial charge on any atom is 0.223 e. The number of nitrogens with zero attached hydrogens (tertiary/aromatic N) is 3. The molecule has 0 bridgehead atoms. The lowest BCUT2D eigenvalue weighted by Crippen LogP contribution is -2.44. The Labute approximate surface area is 101 Å². The second-order valence-corrected chi connectivity index (χ2v) is 4.22. The van der Waals surface area contributed by atoms with Crippen LogP contribution in [0.4, 0.5) is 0 Å². The molecule has 1 unspecified atom stereocenters. The van der Waals surface area contributed by atoms with Gasteiger partial charge in [0.25, 0.3) is 0 Å². The smallest absolute Gasteiger partial charge is 0.223 e. The predicted molar refractivity (Wildman–Crippen MR) is 62.3 cm³/mol. The second kappa shape index (κ2) is 5.72. The van der Waals surface area contributed by atoms with Gasteiger partial charge in [-0.3, -0.25) is 14.8 Å². The Morgan fingerprint density at radius 1 is 1.59 bits per heavy atom. The third-order valence-electron chi connectivity index (χ3n) is 2.81. The van der Waals surface area contributed by atoms with Gasteiger partial charge in [0.15, 0.2) is 0 Å². The summed E-state index contributed by atoms with van der Waals surface area (Å²) in [5, 5.41) is 0. The van der Waals surface area contributed by atoms with Crippen molar-refractivity contribution in [2.45, 2.75) is 25.9 Å². The highest BCUT2D eigenvalue weighted by atomic mass is 16.5. The fourth-order valence-corrected chi connectivity index (χ4v) is 1.90. The number of carbonyl (C=O) groups excluding carboxylic acids is 1. The summed E-state index contributed by atoms with van der Waals surface area (Å²) in [7, 11) is 0. The molecule has 1 aliphatic rings. The fraction of sp³-hybridized carbons (Fsp3) is 0.583. The molecular weight excluding hydrogens is 218 g/mol. The van der Waals surface area contributed by atoms with Crippen molar-refractivity contribution in [1.29, 1.82) is 0 Å². The number of amides is 1. The van der Waals surface area contributed by atoms with Gasteiger partial charge in [-0.25, -0.2) is 0 Å². The zero-order valence-corrected chi connectivity index (χ0v) is 10.0. The number of hydrogen-bond acceptors (Lipinski definition) is 4. The number of morpholine rings is 1. The Balaban J connectivity index is 1.81. The highest BCUT2D eigenvalue weighted by Gasteiger charge is 2.20. The van der Waals surface area contributed by atoms with Crippen LogP contribution in [-0.2, 0) is 16.0 Å². The summed E-state index contributed by atoms with van der Waals surface area (Å²) >= 11 is 0. The van der Waals surface area contributed by atoms with Gasteiger partial charge in [-0.05, 0) is 13.3 Å². The van der Waals surface area contributed by atoms with Crippen molar-refractivity contribution in [3.8, 4) is 0 Å². The number of ether oxygens (including phenoxy) is 1. The molecule has 1 aliphatic heterocycles. The summed E-state index contributed by atoms with van der Waals surface area (Å²) in [5.41, 5.74) is 0.863. The van der Waals surface area contributed by atoms with Crippen LogP contribution in [0.5, 0.6) is 0 Å². The molecule has 0 radical (unpaired) electrons. The van der Waals surface area contributed by atoms with E-state index in [0.717, 1.165) is 5.69 Å². The standard InChI is InChI=1S/C12H17N3O2/c1-10-9-15(6-7-17-10)12(16)3-2-11-8-13-4-5-14-11/h4-5,8,10H,2-3,6-7,9H2,1H3. The number of rotatable bonds is 3. The molecule has 0 saturated carbocycles.